The summed E-state index contributed by atoms with van der Waals surface area (Å²) >= 11 is 9.64. The normalized spacial score (nSPS) is 6.00. The summed E-state index contributed by atoms with van der Waals surface area (Å²) in [5, 5.41) is 0. The summed E-state index contributed by atoms with van der Waals surface area (Å²) in [6.45, 7) is -1.78. The molecule has 0 aliphatic rings. The SMILES string of the molecule is CCCl.CCl.CF.FC(F)F. The summed E-state index contributed by atoms with van der Waals surface area (Å²) in [7, 11) is 0.500. The van der Waals surface area contributed by atoms with E-state index in [4.69, 9.17) is 11.6 Å². The second kappa shape index (κ2) is 48.2. The third-order valence-corrected chi connectivity index (χ3v) is 0. The molecule has 0 fully saturated rings. The topological polar surface area (TPSA) is 0 Å². The van der Waals surface area contributed by atoms with Gasteiger partial charge in [-0.3, -0.25) is 4.39 Å². The minimum Gasteiger partial charge on any atom is -0.255 e. The molecule has 0 spiro atoms. The molecule has 6 heteroatoms. The summed E-state index contributed by atoms with van der Waals surface area (Å²) in [5.74, 6) is 0.722. The van der Waals surface area contributed by atoms with Crippen LogP contribution in [0.15, 0.2) is 0 Å². The summed E-state index contributed by atoms with van der Waals surface area (Å²) in [6.07, 6.45) is 1.47. The van der Waals surface area contributed by atoms with Gasteiger partial charge in [-0.15, -0.1) is 23.2 Å². The van der Waals surface area contributed by atoms with Gasteiger partial charge in [-0.1, -0.05) is 6.92 Å². The van der Waals surface area contributed by atoms with Crippen molar-refractivity contribution < 1.29 is 17.6 Å². The van der Waals surface area contributed by atoms with Crippen molar-refractivity contribution in [3.8, 4) is 0 Å². The number of alkyl halides is 6. The van der Waals surface area contributed by atoms with Gasteiger partial charge in [0.25, 0.3) is 0 Å². The highest BCUT2D eigenvalue weighted by atomic mass is 35.5. The van der Waals surface area contributed by atoms with Crippen LogP contribution in [0.25, 0.3) is 0 Å². The zero-order chi connectivity index (χ0) is 10.3. The van der Waals surface area contributed by atoms with Gasteiger partial charge in [0.2, 0.25) is 0 Å². The number of halogens is 6. The van der Waals surface area contributed by atoms with Crippen molar-refractivity contribution in [2.45, 2.75) is 13.6 Å². The Morgan fingerprint density at radius 3 is 1.09 bits per heavy atom. The molecule has 0 amide bonds. The van der Waals surface area contributed by atoms with E-state index in [2.05, 4.69) is 11.6 Å². The van der Waals surface area contributed by atoms with Gasteiger partial charge in [0.1, 0.15) is 0 Å². The molecule has 0 bridgehead atoms. The zero-order valence-corrected chi connectivity index (χ0v) is 8.06. The fourth-order valence-corrected chi connectivity index (χ4v) is 0. The van der Waals surface area contributed by atoms with Gasteiger partial charge in [0, 0.05) is 12.3 Å². The van der Waals surface area contributed by atoms with E-state index in [1.807, 2.05) is 6.92 Å². The maximum absolute atomic E-state index is 9.67. The molecule has 0 nitrogen and oxygen atoms in total. The molecule has 0 unspecified atom stereocenters. The molecule has 0 aliphatic carbocycles. The van der Waals surface area contributed by atoms with Gasteiger partial charge in [-0.2, -0.15) is 13.2 Å². The standard InChI is InChI=1S/C2H5Cl.CH3Cl.CHF3.CH3F/c1-2-3;1-2;2-1(3)4;1-2/h2H2,1H3;1H3;1H;1H3. The van der Waals surface area contributed by atoms with Crippen LogP contribution in [0.4, 0.5) is 17.6 Å². The van der Waals surface area contributed by atoms with Crippen LogP contribution in [-0.4, -0.2) is 26.1 Å². The van der Waals surface area contributed by atoms with Crippen molar-refractivity contribution in [3.63, 3.8) is 0 Å². The molecule has 0 aliphatic heterocycles. The van der Waals surface area contributed by atoms with E-state index in [1.54, 1.807) is 0 Å². The number of hydrogen-bond donors (Lipinski definition) is 0. The average Bonchev–Trinajstić information content (AvgIpc) is 1.96. The van der Waals surface area contributed by atoms with Crippen molar-refractivity contribution in [1.82, 2.24) is 0 Å². The van der Waals surface area contributed by atoms with Gasteiger partial charge in [-0.05, 0) is 0 Å². The Morgan fingerprint density at radius 2 is 1.09 bits per heavy atom. The van der Waals surface area contributed by atoms with Crippen LogP contribution >= 0.6 is 23.2 Å². The zero-order valence-electron chi connectivity index (χ0n) is 6.55. The third-order valence-electron chi connectivity index (χ3n) is 0. The molecule has 0 rings (SSSR count). The molecule has 0 saturated carbocycles. The smallest absolute Gasteiger partial charge is 0.255 e. The molecule has 0 N–H and O–H groups in total. The number of hydrogen-bond acceptors (Lipinski definition) is 0. The lowest BCUT2D eigenvalue weighted by Crippen LogP contribution is -1.65. The van der Waals surface area contributed by atoms with Crippen LogP contribution < -0.4 is 0 Å². The Bertz CT molecular complexity index is 27.7. The lowest BCUT2D eigenvalue weighted by molar-refractivity contribution is 0.00819. The molecule has 0 saturated heterocycles. The highest BCUT2D eigenvalue weighted by molar-refractivity contribution is 6.17. The minimum absolute atomic E-state index is 0.500. The lowest BCUT2D eigenvalue weighted by atomic mass is 11.0. The quantitative estimate of drug-likeness (QED) is 0.428. The minimum atomic E-state index is -3.67. The Balaban J connectivity index is -0.0000000315. The van der Waals surface area contributed by atoms with E-state index >= 15 is 0 Å². The van der Waals surface area contributed by atoms with Gasteiger partial charge >= 0.3 is 6.68 Å². The highest BCUT2D eigenvalue weighted by Crippen LogP contribution is 1.87. The van der Waals surface area contributed by atoms with E-state index in [1.165, 1.54) is 6.38 Å². The van der Waals surface area contributed by atoms with Crippen LogP contribution in [0.3, 0.4) is 0 Å². The first-order valence-electron chi connectivity index (χ1n) is 2.38. The van der Waals surface area contributed by atoms with Crippen LogP contribution in [0.1, 0.15) is 6.92 Å². The van der Waals surface area contributed by atoms with E-state index in [9.17, 15) is 17.6 Å². The monoisotopic (exact) mass is 218 g/mol. The summed E-state index contributed by atoms with van der Waals surface area (Å²) in [6, 6.07) is 0. The fourth-order valence-electron chi connectivity index (χ4n) is 0. The van der Waals surface area contributed by atoms with Crippen molar-refractivity contribution in [2.75, 3.05) is 19.4 Å². The van der Waals surface area contributed by atoms with Crippen molar-refractivity contribution in [3.05, 3.63) is 0 Å². The van der Waals surface area contributed by atoms with Gasteiger partial charge < -0.3 is 0 Å². The molecular weight excluding hydrogens is 207 g/mol. The fraction of sp³-hybridized carbons (Fsp3) is 1.00. The Morgan fingerprint density at radius 1 is 1.09 bits per heavy atom. The maximum Gasteiger partial charge on any atom is 0.379 e. The largest absolute Gasteiger partial charge is 0.379 e. The molecule has 74 valence electrons. The van der Waals surface area contributed by atoms with Gasteiger partial charge in [0.15, 0.2) is 0 Å². The highest BCUT2D eigenvalue weighted by Gasteiger charge is 1.86. The van der Waals surface area contributed by atoms with Crippen LogP contribution in [0.2, 0.25) is 0 Å². The first-order chi connectivity index (χ1) is 5.15. The summed E-state index contributed by atoms with van der Waals surface area (Å²) in [5.41, 5.74) is 0. The first-order valence-corrected chi connectivity index (χ1v) is 3.68. The summed E-state index contributed by atoms with van der Waals surface area (Å²) < 4.78 is 38.5. The molecular formula is C5H12Cl2F4. The van der Waals surface area contributed by atoms with E-state index in [0.717, 1.165) is 5.88 Å². The van der Waals surface area contributed by atoms with Crippen molar-refractivity contribution >= 4 is 23.2 Å². The van der Waals surface area contributed by atoms with E-state index in [0.29, 0.717) is 7.18 Å². The predicted molar refractivity (Wildman–Crippen MR) is 42.3 cm³/mol. The second-order valence-electron chi connectivity index (χ2n) is 0.515. The lowest BCUT2D eigenvalue weighted by Gasteiger charge is -1.65. The van der Waals surface area contributed by atoms with Crippen LogP contribution in [-0.2, 0) is 0 Å². The Hall–Kier alpha value is 0.300. The molecule has 0 radical (unpaired) electrons. The molecule has 0 atom stereocenters. The average molecular weight is 219 g/mol. The van der Waals surface area contributed by atoms with Crippen LogP contribution in [0, 0.1) is 0 Å². The second-order valence-corrected chi connectivity index (χ2v) is 1.05. The van der Waals surface area contributed by atoms with Crippen molar-refractivity contribution in [2.24, 2.45) is 0 Å². The Kier molecular flexibility index (Phi) is 98.5. The molecule has 11 heavy (non-hydrogen) atoms. The first kappa shape index (κ1) is 22.5. The Labute approximate surface area is 74.5 Å². The molecule has 0 heterocycles. The molecule has 0 aromatic carbocycles. The predicted octanol–water partition coefficient (Wildman–Crippen LogP) is 3.86. The van der Waals surface area contributed by atoms with E-state index in [-0.39, 0.29) is 0 Å². The van der Waals surface area contributed by atoms with Crippen LogP contribution in [0.5, 0.6) is 0 Å². The van der Waals surface area contributed by atoms with E-state index < -0.39 is 6.68 Å². The summed E-state index contributed by atoms with van der Waals surface area (Å²) in [4.78, 5) is 0. The van der Waals surface area contributed by atoms with Crippen molar-refractivity contribution in [1.29, 1.82) is 0 Å². The maximum atomic E-state index is 9.67. The number of rotatable bonds is 0. The van der Waals surface area contributed by atoms with Gasteiger partial charge in [-0.25, -0.2) is 0 Å². The molecule has 0 aromatic rings. The third kappa shape index (κ3) is 7880. The van der Waals surface area contributed by atoms with Gasteiger partial charge in [0.05, 0.1) is 7.18 Å². The molecule has 0 aromatic heterocycles.